The van der Waals surface area contributed by atoms with E-state index in [2.05, 4.69) is 10.3 Å². The molecule has 0 aliphatic heterocycles. The number of hydrogen-bond donors (Lipinski definition) is 1. The van der Waals surface area contributed by atoms with E-state index in [0.29, 0.717) is 6.42 Å². The maximum Gasteiger partial charge on any atom is 0.308 e. The van der Waals surface area contributed by atoms with Crippen molar-refractivity contribution in [1.82, 2.24) is 10.3 Å². The van der Waals surface area contributed by atoms with Gasteiger partial charge in [0, 0.05) is 11.4 Å². The molecule has 0 radical (unpaired) electrons. The number of carbonyl (C=O) groups excluding carboxylic acids is 2. The van der Waals surface area contributed by atoms with Crippen LogP contribution in [0.3, 0.4) is 0 Å². The minimum atomic E-state index is -0.132. The second kappa shape index (κ2) is 6.83. The van der Waals surface area contributed by atoms with E-state index < -0.39 is 0 Å². The molecule has 1 heterocycles. The molecular weight excluding hydrogens is 276 g/mol. The molecule has 1 aromatic rings. The predicted octanol–water partition coefficient (Wildman–Crippen LogP) is 1.84. The van der Waals surface area contributed by atoms with Crippen molar-refractivity contribution < 1.29 is 14.3 Å². The summed E-state index contributed by atoms with van der Waals surface area (Å²) in [6.45, 7) is 1.93. The fourth-order valence-corrected chi connectivity index (χ4v) is 3.19. The number of methoxy groups -OCH3 is 1. The number of ether oxygens (including phenoxy) is 1. The number of aromatic nitrogens is 1. The van der Waals surface area contributed by atoms with Gasteiger partial charge >= 0.3 is 5.97 Å². The third-order valence-corrected chi connectivity index (χ3v) is 4.46. The van der Waals surface area contributed by atoms with Gasteiger partial charge in [0.25, 0.3) is 0 Å². The van der Waals surface area contributed by atoms with Crippen LogP contribution < -0.4 is 5.32 Å². The average molecular weight is 296 g/mol. The summed E-state index contributed by atoms with van der Waals surface area (Å²) in [4.78, 5) is 27.6. The first-order chi connectivity index (χ1) is 9.58. The highest BCUT2D eigenvalue weighted by Gasteiger charge is 2.27. The first kappa shape index (κ1) is 15.0. The third kappa shape index (κ3) is 4.03. The Morgan fingerprint density at radius 3 is 2.65 bits per heavy atom. The fourth-order valence-electron chi connectivity index (χ4n) is 2.57. The van der Waals surface area contributed by atoms with Crippen LogP contribution in [0.2, 0.25) is 0 Å². The first-order valence-electron chi connectivity index (χ1n) is 6.86. The Bertz CT molecular complexity index is 479. The van der Waals surface area contributed by atoms with E-state index in [4.69, 9.17) is 4.74 Å². The van der Waals surface area contributed by atoms with Crippen LogP contribution in [0.1, 0.15) is 36.4 Å². The molecule has 110 valence electrons. The lowest BCUT2D eigenvalue weighted by atomic mass is 9.86. The molecule has 6 heteroatoms. The second-order valence-electron chi connectivity index (χ2n) is 5.17. The van der Waals surface area contributed by atoms with E-state index >= 15 is 0 Å². The van der Waals surface area contributed by atoms with Gasteiger partial charge in [-0.1, -0.05) is 0 Å². The van der Waals surface area contributed by atoms with E-state index in [0.717, 1.165) is 36.4 Å². The number of carbonyl (C=O) groups is 2. The van der Waals surface area contributed by atoms with Gasteiger partial charge in [-0.25, -0.2) is 4.98 Å². The number of amides is 1. The third-order valence-electron chi connectivity index (χ3n) is 3.64. The smallest absolute Gasteiger partial charge is 0.308 e. The zero-order valence-corrected chi connectivity index (χ0v) is 12.7. The summed E-state index contributed by atoms with van der Waals surface area (Å²) < 4.78 is 4.75. The molecule has 1 saturated carbocycles. The summed E-state index contributed by atoms with van der Waals surface area (Å²) in [6, 6.07) is 0.170. The van der Waals surface area contributed by atoms with Crippen molar-refractivity contribution in [2.24, 2.45) is 5.92 Å². The molecule has 1 aliphatic rings. The van der Waals surface area contributed by atoms with Crippen LogP contribution in [0, 0.1) is 12.8 Å². The summed E-state index contributed by atoms with van der Waals surface area (Å²) in [6.07, 6.45) is 3.57. The highest BCUT2D eigenvalue weighted by atomic mass is 32.1. The van der Waals surface area contributed by atoms with Gasteiger partial charge in [-0.05, 0) is 32.6 Å². The predicted molar refractivity (Wildman–Crippen MR) is 76.5 cm³/mol. The zero-order valence-electron chi connectivity index (χ0n) is 11.8. The molecule has 0 aromatic carbocycles. The van der Waals surface area contributed by atoms with Crippen molar-refractivity contribution in [3.05, 3.63) is 16.1 Å². The molecule has 2 rings (SSSR count). The Balaban J connectivity index is 1.75. The van der Waals surface area contributed by atoms with Gasteiger partial charge in [0.2, 0.25) is 5.91 Å². The van der Waals surface area contributed by atoms with E-state index in [1.807, 2.05) is 12.3 Å². The van der Waals surface area contributed by atoms with Gasteiger partial charge in [0.15, 0.2) is 0 Å². The number of nitrogens with one attached hydrogen (secondary N) is 1. The SMILES string of the molecule is COC(=O)C1CCC(NC(=O)Cc2csc(C)n2)CC1. The normalized spacial score (nSPS) is 22.3. The highest BCUT2D eigenvalue weighted by molar-refractivity contribution is 7.09. The van der Waals surface area contributed by atoms with Gasteiger partial charge in [-0.2, -0.15) is 0 Å². The average Bonchev–Trinajstić information content (AvgIpc) is 2.84. The maximum atomic E-state index is 11.9. The van der Waals surface area contributed by atoms with Gasteiger partial charge in [-0.3, -0.25) is 9.59 Å². The number of aryl methyl sites for hydroxylation is 1. The molecule has 0 unspecified atom stereocenters. The molecule has 1 N–H and O–H groups in total. The molecule has 0 atom stereocenters. The maximum absolute atomic E-state index is 11.9. The van der Waals surface area contributed by atoms with Crippen LogP contribution in [0.4, 0.5) is 0 Å². The van der Waals surface area contributed by atoms with Crippen LogP contribution in [0.5, 0.6) is 0 Å². The number of thiazole rings is 1. The summed E-state index contributed by atoms with van der Waals surface area (Å²) in [7, 11) is 1.42. The Labute approximate surface area is 122 Å². The van der Waals surface area contributed by atoms with Crippen molar-refractivity contribution in [3.63, 3.8) is 0 Å². The lowest BCUT2D eigenvalue weighted by molar-refractivity contribution is -0.146. The highest BCUT2D eigenvalue weighted by Crippen LogP contribution is 2.25. The van der Waals surface area contributed by atoms with Crippen LogP contribution >= 0.6 is 11.3 Å². The number of esters is 1. The molecule has 1 aliphatic carbocycles. The molecule has 0 saturated heterocycles. The van der Waals surface area contributed by atoms with Crippen LogP contribution in [0.25, 0.3) is 0 Å². The van der Waals surface area contributed by atoms with Crippen molar-refractivity contribution >= 4 is 23.2 Å². The molecule has 20 heavy (non-hydrogen) atoms. The summed E-state index contributed by atoms with van der Waals surface area (Å²) in [5.41, 5.74) is 0.827. The molecule has 1 aromatic heterocycles. The van der Waals surface area contributed by atoms with E-state index in [1.165, 1.54) is 7.11 Å². The lowest BCUT2D eigenvalue weighted by Crippen LogP contribution is -2.39. The number of nitrogens with zero attached hydrogens (tertiary/aromatic N) is 1. The van der Waals surface area contributed by atoms with Crippen LogP contribution in [0.15, 0.2) is 5.38 Å². The van der Waals surface area contributed by atoms with Gasteiger partial charge in [0.1, 0.15) is 0 Å². The van der Waals surface area contributed by atoms with Crippen molar-refractivity contribution in [3.8, 4) is 0 Å². The standard InChI is InChI=1S/C14H20N2O3S/c1-9-15-12(8-20-9)7-13(17)16-11-5-3-10(4-6-11)14(18)19-2/h8,10-11H,3-7H2,1-2H3,(H,16,17). The summed E-state index contributed by atoms with van der Waals surface area (Å²) in [5, 5.41) is 5.93. The quantitative estimate of drug-likeness (QED) is 0.861. The Kier molecular flexibility index (Phi) is 5.11. The molecule has 0 spiro atoms. The number of hydrogen-bond acceptors (Lipinski definition) is 5. The minimum Gasteiger partial charge on any atom is -0.469 e. The molecular formula is C14H20N2O3S. The molecule has 1 fully saturated rings. The number of rotatable bonds is 4. The van der Waals surface area contributed by atoms with Crippen molar-refractivity contribution in [2.75, 3.05) is 7.11 Å². The van der Waals surface area contributed by atoms with E-state index in [-0.39, 0.29) is 23.8 Å². The largest absolute Gasteiger partial charge is 0.469 e. The first-order valence-corrected chi connectivity index (χ1v) is 7.74. The molecule has 5 nitrogen and oxygen atoms in total. The Hall–Kier alpha value is -1.43. The van der Waals surface area contributed by atoms with Crippen molar-refractivity contribution in [1.29, 1.82) is 0 Å². The van der Waals surface area contributed by atoms with Crippen LogP contribution in [-0.4, -0.2) is 30.0 Å². The lowest BCUT2D eigenvalue weighted by Gasteiger charge is -2.27. The summed E-state index contributed by atoms with van der Waals surface area (Å²) >= 11 is 1.56. The fraction of sp³-hybridized carbons (Fsp3) is 0.643. The minimum absolute atomic E-state index is 0.00524. The Morgan fingerprint density at radius 2 is 2.10 bits per heavy atom. The monoisotopic (exact) mass is 296 g/mol. The van der Waals surface area contributed by atoms with Crippen LogP contribution in [-0.2, 0) is 20.7 Å². The van der Waals surface area contributed by atoms with Gasteiger partial charge in [-0.15, -0.1) is 11.3 Å². The topological polar surface area (TPSA) is 68.3 Å². The second-order valence-corrected chi connectivity index (χ2v) is 6.24. The van der Waals surface area contributed by atoms with Crippen molar-refractivity contribution in [2.45, 2.75) is 45.1 Å². The van der Waals surface area contributed by atoms with Gasteiger partial charge < -0.3 is 10.1 Å². The van der Waals surface area contributed by atoms with E-state index in [9.17, 15) is 9.59 Å². The van der Waals surface area contributed by atoms with E-state index in [1.54, 1.807) is 11.3 Å². The Morgan fingerprint density at radius 1 is 1.40 bits per heavy atom. The summed E-state index contributed by atoms with van der Waals surface area (Å²) in [5.74, 6) is -0.126. The molecule has 1 amide bonds. The van der Waals surface area contributed by atoms with Gasteiger partial charge in [0.05, 0.1) is 30.2 Å². The molecule has 0 bridgehead atoms. The zero-order chi connectivity index (χ0) is 14.5.